The van der Waals surface area contributed by atoms with Crippen LogP contribution in [0.2, 0.25) is 0 Å². The molecule has 0 aliphatic heterocycles. The van der Waals surface area contributed by atoms with Crippen molar-refractivity contribution in [3.8, 4) is 0 Å². The normalized spacial score (nSPS) is 12.2. The lowest BCUT2D eigenvalue weighted by Crippen LogP contribution is -2.09. The predicted molar refractivity (Wildman–Crippen MR) is 72.1 cm³/mol. The molecule has 2 rings (SSSR count). The van der Waals surface area contributed by atoms with Crippen molar-refractivity contribution in [1.29, 1.82) is 0 Å². The third kappa shape index (κ3) is 2.86. The zero-order valence-corrected chi connectivity index (χ0v) is 10.7. The van der Waals surface area contributed by atoms with Crippen LogP contribution in [0.25, 0.3) is 0 Å². The van der Waals surface area contributed by atoms with Crippen LogP contribution < -0.4 is 5.32 Å². The van der Waals surface area contributed by atoms with Crippen LogP contribution in [0.3, 0.4) is 0 Å². The van der Waals surface area contributed by atoms with E-state index in [0.717, 1.165) is 12.0 Å². The number of aromatic nitrogens is 1. The first-order valence-electron chi connectivity index (χ1n) is 6.16. The Morgan fingerprint density at radius 1 is 1.22 bits per heavy atom. The van der Waals surface area contributed by atoms with Crippen molar-refractivity contribution in [3.63, 3.8) is 0 Å². The standard InChI is InChI=1S/C15H17FN2/c1-3-12-6-8-13(9-7-12)11(2)18-15-14(16)5-4-10-17-15/h4-11H,3H2,1-2H3,(H,17,18). The van der Waals surface area contributed by atoms with Gasteiger partial charge in [-0.15, -0.1) is 0 Å². The van der Waals surface area contributed by atoms with Gasteiger partial charge in [0.1, 0.15) is 0 Å². The number of halogens is 1. The molecule has 18 heavy (non-hydrogen) atoms. The van der Waals surface area contributed by atoms with Gasteiger partial charge < -0.3 is 5.32 Å². The second-order valence-electron chi connectivity index (χ2n) is 4.29. The van der Waals surface area contributed by atoms with Crippen molar-refractivity contribution in [2.75, 3.05) is 5.32 Å². The zero-order valence-electron chi connectivity index (χ0n) is 10.7. The molecule has 0 spiro atoms. The Morgan fingerprint density at radius 2 is 1.94 bits per heavy atom. The largest absolute Gasteiger partial charge is 0.361 e. The van der Waals surface area contributed by atoms with Gasteiger partial charge in [-0.3, -0.25) is 0 Å². The summed E-state index contributed by atoms with van der Waals surface area (Å²) in [4.78, 5) is 3.99. The Hall–Kier alpha value is -1.90. The van der Waals surface area contributed by atoms with Gasteiger partial charge in [0.05, 0.1) is 6.04 Å². The maximum atomic E-state index is 13.5. The fourth-order valence-electron chi connectivity index (χ4n) is 1.82. The summed E-state index contributed by atoms with van der Waals surface area (Å²) in [6, 6.07) is 11.4. The highest BCUT2D eigenvalue weighted by Crippen LogP contribution is 2.20. The van der Waals surface area contributed by atoms with Gasteiger partial charge in [-0.1, -0.05) is 31.2 Å². The van der Waals surface area contributed by atoms with E-state index in [1.807, 2.05) is 6.92 Å². The van der Waals surface area contributed by atoms with Crippen molar-refractivity contribution < 1.29 is 4.39 Å². The number of nitrogens with zero attached hydrogens (tertiary/aromatic N) is 1. The minimum absolute atomic E-state index is 0.0281. The lowest BCUT2D eigenvalue weighted by molar-refractivity contribution is 0.621. The first kappa shape index (κ1) is 12.6. The molecular formula is C15H17FN2. The quantitative estimate of drug-likeness (QED) is 0.880. The van der Waals surface area contributed by atoms with Crippen molar-refractivity contribution in [2.45, 2.75) is 26.3 Å². The van der Waals surface area contributed by atoms with Crippen LogP contribution in [0, 0.1) is 5.82 Å². The number of hydrogen-bond donors (Lipinski definition) is 1. The monoisotopic (exact) mass is 244 g/mol. The zero-order chi connectivity index (χ0) is 13.0. The molecule has 0 saturated heterocycles. The van der Waals surface area contributed by atoms with Crippen LogP contribution in [0.1, 0.15) is 31.0 Å². The van der Waals surface area contributed by atoms with Gasteiger partial charge in [0.15, 0.2) is 11.6 Å². The SMILES string of the molecule is CCc1ccc(C(C)Nc2ncccc2F)cc1. The third-order valence-electron chi connectivity index (χ3n) is 3.00. The number of benzene rings is 1. The summed E-state index contributed by atoms with van der Waals surface area (Å²) in [5.41, 5.74) is 2.42. The third-order valence-corrected chi connectivity index (χ3v) is 3.00. The molecule has 0 fully saturated rings. The van der Waals surface area contributed by atoms with Gasteiger partial charge in [0, 0.05) is 6.20 Å². The maximum absolute atomic E-state index is 13.5. The van der Waals surface area contributed by atoms with E-state index in [1.165, 1.54) is 11.6 Å². The van der Waals surface area contributed by atoms with Crippen LogP contribution in [-0.4, -0.2) is 4.98 Å². The predicted octanol–water partition coefficient (Wildman–Crippen LogP) is 3.96. The van der Waals surface area contributed by atoms with Gasteiger partial charge in [0.2, 0.25) is 0 Å². The Kier molecular flexibility index (Phi) is 3.92. The lowest BCUT2D eigenvalue weighted by atomic mass is 10.1. The van der Waals surface area contributed by atoms with Crippen molar-refractivity contribution in [2.24, 2.45) is 0 Å². The van der Waals surface area contributed by atoms with Crippen LogP contribution >= 0.6 is 0 Å². The molecule has 0 bridgehead atoms. The summed E-state index contributed by atoms with van der Waals surface area (Å²) in [5, 5.41) is 3.08. The Morgan fingerprint density at radius 3 is 2.56 bits per heavy atom. The van der Waals surface area contributed by atoms with Gasteiger partial charge in [-0.05, 0) is 36.6 Å². The Bertz CT molecular complexity index is 508. The molecule has 0 saturated carbocycles. The topological polar surface area (TPSA) is 24.9 Å². The molecule has 2 aromatic rings. The van der Waals surface area contributed by atoms with Gasteiger partial charge in [-0.2, -0.15) is 0 Å². The van der Waals surface area contributed by atoms with Crippen LogP contribution in [0.4, 0.5) is 10.2 Å². The van der Waals surface area contributed by atoms with E-state index < -0.39 is 0 Å². The highest BCUT2D eigenvalue weighted by Gasteiger charge is 2.08. The fourth-order valence-corrected chi connectivity index (χ4v) is 1.82. The van der Waals surface area contributed by atoms with Crippen LogP contribution in [-0.2, 0) is 6.42 Å². The highest BCUT2D eigenvalue weighted by atomic mass is 19.1. The molecule has 1 atom stereocenters. The number of rotatable bonds is 4. The number of nitrogens with one attached hydrogen (secondary N) is 1. The van der Waals surface area contributed by atoms with E-state index in [1.54, 1.807) is 12.3 Å². The maximum Gasteiger partial charge on any atom is 0.165 e. The first-order chi connectivity index (χ1) is 8.70. The summed E-state index contributed by atoms with van der Waals surface area (Å²) in [6.07, 6.45) is 2.61. The summed E-state index contributed by atoms with van der Waals surface area (Å²) < 4.78 is 13.5. The van der Waals surface area contributed by atoms with Crippen molar-refractivity contribution in [1.82, 2.24) is 4.98 Å². The molecule has 0 amide bonds. The molecule has 3 heteroatoms. The van der Waals surface area contributed by atoms with E-state index in [4.69, 9.17) is 0 Å². The molecule has 1 aromatic carbocycles. The molecule has 1 N–H and O–H groups in total. The van der Waals surface area contributed by atoms with E-state index in [-0.39, 0.29) is 11.9 Å². The second-order valence-corrected chi connectivity index (χ2v) is 4.29. The highest BCUT2D eigenvalue weighted by molar-refractivity contribution is 5.39. The van der Waals surface area contributed by atoms with Crippen LogP contribution in [0.5, 0.6) is 0 Å². The average molecular weight is 244 g/mol. The molecule has 1 heterocycles. The summed E-state index contributed by atoms with van der Waals surface area (Å²) in [6.45, 7) is 4.12. The molecule has 94 valence electrons. The summed E-state index contributed by atoms with van der Waals surface area (Å²) >= 11 is 0. The average Bonchev–Trinajstić information content (AvgIpc) is 2.41. The molecule has 1 unspecified atom stereocenters. The van der Waals surface area contributed by atoms with E-state index in [2.05, 4.69) is 41.5 Å². The Labute approximate surface area is 107 Å². The molecule has 2 nitrogen and oxygen atoms in total. The molecule has 0 aliphatic carbocycles. The van der Waals surface area contributed by atoms with Crippen molar-refractivity contribution in [3.05, 3.63) is 59.5 Å². The fraction of sp³-hybridized carbons (Fsp3) is 0.267. The summed E-state index contributed by atoms with van der Waals surface area (Å²) in [7, 11) is 0. The van der Waals surface area contributed by atoms with Crippen molar-refractivity contribution >= 4 is 5.82 Å². The minimum atomic E-state index is -0.325. The van der Waals surface area contributed by atoms with E-state index >= 15 is 0 Å². The smallest absolute Gasteiger partial charge is 0.165 e. The number of hydrogen-bond acceptors (Lipinski definition) is 2. The summed E-state index contributed by atoms with van der Waals surface area (Å²) in [5.74, 6) is -0.0286. The number of anilines is 1. The van der Waals surface area contributed by atoms with Crippen LogP contribution in [0.15, 0.2) is 42.6 Å². The molecule has 0 aliphatic rings. The van der Waals surface area contributed by atoms with Gasteiger partial charge in [0.25, 0.3) is 0 Å². The van der Waals surface area contributed by atoms with E-state index in [0.29, 0.717) is 5.82 Å². The van der Waals surface area contributed by atoms with E-state index in [9.17, 15) is 4.39 Å². The molecule has 0 radical (unpaired) electrons. The van der Waals surface area contributed by atoms with Gasteiger partial charge in [-0.25, -0.2) is 9.37 Å². The molecular weight excluding hydrogens is 227 g/mol. The van der Waals surface area contributed by atoms with Gasteiger partial charge >= 0.3 is 0 Å². The lowest BCUT2D eigenvalue weighted by Gasteiger charge is -2.15. The molecule has 1 aromatic heterocycles. The number of aryl methyl sites for hydroxylation is 1. The first-order valence-corrected chi connectivity index (χ1v) is 6.16. The Balaban J connectivity index is 2.11. The minimum Gasteiger partial charge on any atom is -0.361 e. The number of pyridine rings is 1. The second kappa shape index (κ2) is 5.63.